The number of hydrogen-bond acceptors (Lipinski definition) is 4. The van der Waals surface area contributed by atoms with Crippen LogP contribution in [0.1, 0.15) is 23.1 Å². The van der Waals surface area contributed by atoms with Crippen LogP contribution in [0.15, 0.2) is 24.3 Å². The number of aromatic nitrogens is 3. The SMILES string of the molecule is CC(COCC(F)(F)F)NC(=O)c1nnn(-c2cccc(F)c2)c1C(F)(F)F. The Kier molecular flexibility index (Phi) is 6.27. The molecule has 1 aromatic heterocycles. The van der Waals surface area contributed by atoms with Gasteiger partial charge in [-0.25, -0.2) is 9.07 Å². The van der Waals surface area contributed by atoms with E-state index in [1.165, 1.54) is 6.92 Å². The molecule has 0 saturated carbocycles. The number of carbonyl (C=O) groups excluding carboxylic acids is 1. The fraction of sp³-hybridized carbons (Fsp3) is 0.400. The molecule has 0 saturated heterocycles. The molecule has 154 valence electrons. The van der Waals surface area contributed by atoms with E-state index in [9.17, 15) is 35.5 Å². The molecule has 1 unspecified atom stereocenters. The summed E-state index contributed by atoms with van der Waals surface area (Å²) in [6.45, 7) is -0.931. The number of hydrogen-bond donors (Lipinski definition) is 1. The summed E-state index contributed by atoms with van der Waals surface area (Å²) in [6.07, 6.45) is -9.65. The summed E-state index contributed by atoms with van der Waals surface area (Å²) in [7, 11) is 0. The first kappa shape index (κ1) is 21.6. The highest BCUT2D eigenvalue weighted by Gasteiger charge is 2.42. The molecule has 0 aliphatic carbocycles. The van der Waals surface area contributed by atoms with E-state index < -0.39 is 54.7 Å². The lowest BCUT2D eigenvalue weighted by Gasteiger charge is -2.15. The number of benzene rings is 1. The van der Waals surface area contributed by atoms with Crippen molar-refractivity contribution in [3.63, 3.8) is 0 Å². The van der Waals surface area contributed by atoms with Crippen molar-refractivity contribution in [2.45, 2.75) is 25.3 Å². The van der Waals surface area contributed by atoms with Gasteiger partial charge in [-0.1, -0.05) is 11.3 Å². The second-order valence-electron chi connectivity index (χ2n) is 5.68. The highest BCUT2D eigenvalue weighted by molar-refractivity contribution is 5.93. The third kappa shape index (κ3) is 5.65. The van der Waals surface area contributed by atoms with Gasteiger partial charge in [0.15, 0.2) is 11.4 Å². The first-order valence-electron chi connectivity index (χ1n) is 7.62. The second-order valence-corrected chi connectivity index (χ2v) is 5.68. The quantitative estimate of drug-likeness (QED) is 0.738. The van der Waals surface area contributed by atoms with Crippen molar-refractivity contribution >= 4 is 5.91 Å². The Bertz CT molecular complexity index is 833. The maximum absolute atomic E-state index is 13.4. The van der Waals surface area contributed by atoms with Crippen LogP contribution in [0.5, 0.6) is 0 Å². The standard InChI is InChI=1S/C15H13F7N4O2/c1-8(6-28-7-14(17,18)19)23-13(27)11-12(15(20,21)22)26(25-24-11)10-4-2-3-9(16)5-10/h2-5,8H,6-7H2,1H3,(H,23,27). The van der Waals surface area contributed by atoms with Crippen LogP contribution in [0, 0.1) is 5.82 Å². The van der Waals surface area contributed by atoms with Crippen LogP contribution in [-0.4, -0.2) is 46.3 Å². The normalized spacial score (nSPS) is 13.4. The number of nitrogens with one attached hydrogen (secondary N) is 1. The number of rotatable bonds is 6. The Morgan fingerprint density at radius 3 is 2.50 bits per heavy atom. The number of carbonyl (C=O) groups is 1. The molecular formula is C15H13F7N4O2. The minimum absolute atomic E-state index is 0.253. The molecule has 0 spiro atoms. The maximum atomic E-state index is 13.4. The zero-order valence-corrected chi connectivity index (χ0v) is 14.1. The zero-order valence-electron chi connectivity index (χ0n) is 14.1. The van der Waals surface area contributed by atoms with E-state index in [0.717, 1.165) is 24.3 Å². The summed E-state index contributed by atoms with van der Waals surface area (Å²) in [5.74, 6) is -2.15. The van der Waals surface area contributed by atoms with Gasteiger partial charge < -0.3 is 10.1 Å². The van der Waals surface area contributed by atoms with Gasteiger partial charge in [-0.05, 0) is 25.1 Å². The highest BCUT2D eigenvalue weighted by Crippen LogP contribution is 2.32. The molecular weight excluding hydrogens is 401 g/mol. The fourth-order valence-corrected chi connectivity index (χ4v) is 2.16. The lowest BCUT2D eigenvalue weighted by Crippen LogP contribution is -2.38. The van der Waals surface area contributed by atoms with Gasteiger partial charge in [0.2, 0.25) is 0 Å². The van der Waals surface area contributed by atoms with Crippen molar-refractivity contribution in [2.75, 3.05) is 13.2 Å². The molecule has 0 aliphatic rings. The maximum Gasteiger partial charge on any atom is 0.435 e. The lowest BCUT2D eigenvalue weighted by atomic mass is 10.2. The van der Waals surface area contributed by atoms with Crippen molar-refractivity contribution in [2.24, 2.45) is 0 Å². The first-order chi connectivity index (χ1) is 12.9. The van der Waals surface area contributed by atoms with Gasteiger partial charge in [0.05, 0.1) is 12.3 Å². The predicted octanol–water partition coefficient (Wildman–Crippen LogP) is 3.12. The third-order valence-corrected chi connectivity index (χ3v) is 3.22. The summed E-state index contributed by atoms with van der Waals surface area (Å²) >= 11 is 0. The molecule has 13 heteroatoms. The topological polar surface area (TPSA) is 69.0 Å². The van der Waals surface area contributed by atoms with E-state index in [1.807, 2.05) is 5.32 Å². The van der Waals surface area contributed by atoms with Crippen LogP contribution in [0.25, 0.3) is 5.69 Å². The third-order valence-electron chi connectivity index (χ3n) is 3.22. The largest absolute Gasteiger partial charge is 0.435 e. The number of amides is 1. The number of halogens is 7. The van der Waals surface area contributed by atoms with Crippen LogP contribution in [0.4, 0.5) is 30.7 Å². The minimum atomic E-state index is -5.07. The number of nitrogens with zero attached hydrogens (tertiary/aromatic N) is 3. The summed E-state index contributed by atoms with van der Waals surface area (Å²) in [4.78, 5) is 12.1. The summed E-state index contributed by atoms with van der Waals surface area (Å²) in [5, 5.41) is 8.50. The Hall–Kier alpha value is -2.70. The van der Waals surface area contributed by atoms with Gasteiger partial charge in [-0.2, -0.15) is 26.3 Å². The van der Waals surface area contributed by atoms with Crippen molar-refractivity contribution < 1.29 is 40.3 Å². The molecule has 0 aliphatic heterocycles. The van der Waals surface area contributed by atoms with E-state index >= 15 is 0 Å². The highest BCUT2D eigenvalue weighted by atomic mass is 19.4. The van der Waals surface area contributed by atoms with Crippen LogP contribution >= 0.6 is 0 Å². The zero-order chi connectivity index (χ0) is 21.1. The molecule has 1 amide bonds. The molecule has 1 heterocycles. The molecule has 0 fully saturated rings. The van der Waals surface area contributed by atoms with Crippen molar-refractivity contribution in [3.8, 4) is 5.69 Å². The second kappa shape index (κ2) is 8.12. The lowest BCUT2D eigenvalue weighted by molar-refractivity contribution is -0.174. The average Bonchev–Trinajstić information content (AvgIpc) is 2.99. The monoisotopic (exact) mass is 414 g/mol. The van der Waals surface area contributed by atoms with Crippen molar-refractivity contribution in [1.82, 2.24) is 20.3 Å². The summed E-state index contributed by atoms with van der Waals surface area (Å²) < 4.78 is 94.3. The van der Waals surface area contributed by atoms with Crippen molar-refractivity contribution in [1.29, 1.82) is 0 Å². The van der Waals surface area contributed by atoms with Gasteiger partial charge >= 0.3 is 12.4 Å². The average molecular weight is 414 g/mol. The van der Waals surface area contributed by atoms with E-state index in [-0.39, 0.29) is 10.4 Å². The van der Waals surface area contributed by atoms with Gasteiger partial charge in [-0.3, -0.25) is 4.79 Å². The van der Waals surface area contributed by atoms with Gasteiger partial charge in [0, 0.05) is 6.04 Å². The molecule has 0 radical (unpaired) electrons. The number of alkyl halides is 6. The van der Waals surface area contributed by atoms with Crippen LogP contribution in [-0.2, 0) is 10.9 Å². The molecule has 2 rings (SSSR count). The van der Waals surface area contributed by atoms with Gasteiger partial charge in [0.25, 0.3) is 5.91 Å². The Labute approximate surface area is 153 Å². The van der Waals surface area contributed by atoms with E-state index in [2.05, 4.69) is 15.0 Å². The van der Waals surface area contributed by atoms with Crippen molar-refractivity contribution in [3.05, 3.63) is 41.5 Å². The molecule has 1 N–H and O–H groups in total. The smallest absolute Gasteiger partial charge is 0.370 e. The summed E-state index contributed by atoms with van der Waals surface area (Å²) in [5.41, 5.74) is -2.99. The molecule has 1 atom stereocenters. The van der Waals surface area contributed by atoms with Crippen LogP contribution < -0.4 is 5.32 Å². The Balaban J connectivity index is 2.22. The molecule has 6 nitrogen and oxygen atoms in total. The Morgan fingerprint density at radius 1 is 1.25 bits per heavy atom. The van der Waals surface area contributed by atoms with Gasteiger partial charge in [0.1, 0.15) is 12.4 Å². The van der Waals surface area contributed by atoms with Gasteiger partial charge in [-0.15, -0.1) is 5.10 Å². The van der Waals surface area contributed by atoms with E-state index in [0.29, 0.717) is 0 Å². The van der Waals surface area contributed by atoms with Crippen LogP contribution in [0.2, 0.25) is 0 Å². The minimum Gasteiger partial charge on any atom is -0.370 e. The first-order valence-corrected chi connectivity index (χ1v) is 7.62. The molecule has 0 bridgehead atoms. The van der Waals surface area contributed by atoms with E-state index in [4.69, 9.17) is 0 Å². The molecule has 2 aromatic rings. The summed E-state index contributed by atoms with van der Waals surface area (Å²) in [6, 6.07) is 2.99. The number of ether oxygens (including phenoxy) is 1. The molecule has 28 heavy (non-hydrogen) atoms. The molecule has 1 aromatic carbocycles. The van der Waals surface area contributed by atoms with E-state index in [1.54, 1.807) is 0 Å². The fourth-order valence-electron chi connectivity index (χ4n) is 2.16. The van der Waals surface area contributed by atoms with Crippen LogP contribution in [0.3, 0.4) is 0 Å². The Morgan fingerprint density at radius 2 is 1.93 bits per heavy atom. The predicted molar refractivity (Wildman–Crippen MR) is 80.1 cm³/mol.